The lowest BCUT2D eigenvalue weighted by Gasteiger charge is -2.24. The zero-order chi connectivity index (χ0) is 15.4. The molecule has 0 spiro atoms. The SMILES string of the molecule is CC(C)(C)OC(=O)NC(CC(F)(F)C(F)F)C(=O)O. The fraction of sp³-hybridized carbons (Fsp3) is 0.800. The quantitative estimate of drug-likeness (QED) is 0.761. The molecule has 1 unspecified atom stereocenters. The van der Waals surface area contributed by atoms with Crippen LogP contribution in [0.4, 0.5) is 22.4 Å². The van der Waals surface area contributed by atoms with Gasteiger partial charge in [-0.3, -0.25) is 0 Å². The zero-order valence-electron chi connectivity index (χ0n) is 10.5. The van der Waals surface area contributed by atoms with Crippen LogP contribution in [0.3, 0.4) is 0 Å². The number of ether oxygens (including phenoxy) is 1. The highest BCUT2D eigenvalue weighted by molar-refractivity contribution is 5.80. The Balaban J connectivity index is 4.69. The average molecular weight is 289 g/mol. The van der Waals surface area contributed by atoms with Gasteiger partial charge in [0.1, 0.15) is 11.6 Å². The van der Waals surface area contributed by atoms with Crippen molar-refractivity contribution in [1.29, 1.82) is 0 Å². The summed E-state index contributed by atoms with van der Waals surface area (Å²) in [5, 5.41) is 10.2. The Morgan fingerprint density at radius 1 is 1.26 bits per heavy atom. The van der Waals surface area contributed by atoms with Gasteiger partial charge < -0.3 is 15.2 Å². The summed E-state index contributed by atoms with van der Waals surface area (Å²) in [6, 6.07) is -2.17. The number of halogens is 4. The van der Waals surface area contributed by atoms with Gasteiger partial charge in [0.15, 0.2) is 0 Å². The number of aliphatic carboxylic acids is 1. The molecule has 0 fully saturated rings. The summed E-state index contributed by atoms with van der Waals surface area (Å²) in [6.45, 7) is 4.41. The lowest BCUT2D eigenvalue weighted by atomic mass is 10.1. The van der Waals surface area contributed by atoms with Crippen LogP contribution < -0.4 is 5.32 Å². The molecule has 2 N–H and O–H groups in total. The number of amides is 1. The molecule has 0 aliphatic heterocycles. The smallest absolute Gasteiger partial charge is 0.408 e. The summed E-state index contributed by atoms with van der Waals surface area (Å²) in [5.74, 6) is -6.37. The van der Waals surface area contributed by atoms with Crippen LogP contribution in [0.1, 0.15) is 27.2 Å². The van der Waals surface area contributed by atoms with Gasteiger partial charge >= 0.3 is 24.4 Å². The average Bonchev–Trinajstić information content (AvgIpc) is 2.12. The van der Waals surface area contributed by atoms with Crippen LogP contribution in [-0.2, 0) is 9.53 Å². The van der Waals surface area contributed by atoms with E-state index in [2.05, 4.69) is 4.74 Å². The first-order valence-electron chi connectivity index (χ1n) is 5.23. The second kappa shape index (κ2) is 6.07. The van der Waals surface area contributed by atoms with Gasteiger partial charge in [0, 0.05) is 6.42 Å². The Hall–Kier alpha value is -1.54. The van der Waals surface area contributed by atoms with Crippen molar-refractivity contribution in [3.63, 3.8) is 0 Å². The number of carbonyl (C=O) groups is 2. The standard InChI is InChI=1S/C10H15F4NO4/c1-9(2,3)19-8(18)15-5(6(16)17)4-10(13,14)7(11)12/h5,7H,4H2,1-3H3,(H,15,18)(H,16,17). The van der Waals surface area contributed by atoms with Crippen LogP contribution in [-0.4, -0.2) is 41.2 Å². The first-order valence-corrected chi connectivity index (χ1v) is 5.23. The Bertz CT molecular complexity index is 341. The van der Waals surface area contributed by atoms with Crippen molar-refractivity contribution < 1.29 is 37.0 Å². The summed E-state index contributed by atoms with van der Waals surface area (Å²) in [5.41, 5.74) is -0.974. The van der Waals surface area contributed by atoms with Gasteiger partial charge in [-0.1, -0.05) is 0 Å². The number of alkyl carbamates (subject to hydrolysis) is 1. The molecule has 0 radical (unpaired) electrons. The number of hydrogen-bond acceptors (Lipinski definition) is 3. The first-order chi connectivity index (χ1) is 8.35. The van der Waals surface area contributed by atoms with Gasteiger partial charge in [-0.25, -0.2) is 27.2 Å². The van der Waals surface area contributed by atoms with E-state index in [0.29, 0.717) is 0 Å². The van der Waals surface area contributed by atoms with E-state index in [1.165, 1.54) is 20.8 Å². The Labute approximate surface area is 106 Å². The fourth-order valence-electron chi connectivity index (χ4n) is 1.01. The number of carbonyl (C=O) groups excluding carboxylic acids is 1. The molecule has 0 saturated heterocycles. The van der Waals surface area contributed by atoms with E-state index in [0.717, 1.165) is 0 Å². The predicted molar refractivity (Wildman–Crippen MR) is 56.4 cm³/mol. The maximum Gasteiger partial charge on any atom is 0.408 e. The topological polar surface area (TPSA) is 75.6 Å². The summed E-state index contributed by atoms with van der Waals surface area (Å²) in [7, 11) is 0. The van der Waals surface area contributed by atoms with E-state index >= 15 is 0 Å². The predicted octanol–water partition coefficient (Wildman–Crippen LogP) is 2.25. The summed E-state index contributed by atoms with van der Waals surface area (Å²) >= 11 is 0. The number of hydrogen-bond donors (Lipinski definition) is 2. The van der Waals surface area contributed by atoms with E-state index < -0.39 is 42.5 Å². The minimum atomic E-state index is -4.52. The van der Waals surface area contributed by atoms with Crippen molar-refractivity contribution in [1.82, 2.24) is 5.32 Å². The second-order valence-electron chi connectivity index (χ2n) is 4.80. The molecule has 0 aromatic rings. The molecule has 0 aromatic carbocycles. The molecule has 9 heteroatoms. The zero-order valence-corrected chi connectivity index (χ0v) is 10.5. The highest BCUT2D eigenvalue weighted by Gasteiger charge is 2.45. The number of alkyl halides is 4. The number of rotatable bonds is 5. The third-order valence-electron chi connectivity index (χ3n) is 1.78. The molecule has 0 bridgehead atoms. The molecule has 5 nitrogen and oxygen atoms in total. The Morgan fingerprint density at radius 2 is 1.74 bits per heavy atom. The van der Waals surface area contributed by atoms with Crippen LogP contribution >= 0.6 is 0 Å². The van der Waals surface area contributed by atoms with Crippen LogP contribution in [0.15, 0.2) is 0 Å². The molecule has 19 heavy (non-hydrogen) atoms. The molecular weight excluding hydrogens is 274 g/mol. The van der Waals surface area contributed by atoms with Crippen molar-refractivity contribution in [3.05, 3.63) is 0 Å². The highest BCUT2D eigenvalue weighted by atomic mass is 19.3. The van der Waals surface area contributed by atoms with Crippen LogP contribution in [0.2, 0.25) is 0 Å². The number of nitrogens with one attached hydrogen (secondary N) is 1. The molecule has 1 atom stereocenters. The molecule has 0 aliphatic carbocycles. The van der Waals surface area contributed by atoms with Crippen LogP contribution in [0.5, 0.6) is 0 Å². The fourth-order valence-corrected chi connectivity index (χ4v) is 1.01. The number of carboxylic acids is 1. The molecule has 112 valence electrons. The van der Waals surface area contributed by atoms with Crippen molar-refractivity contribution >= 4 is 12.1 Å². The number of carboxylic acid groups (broad SMARTS) is 1. The maximum absolute atomic E-state index is 12.7. The molecule has 1 amide bonds. The minimum absolute atomic E-state index is 0.974. The lowest BCUT2D eigenvalue weighted by molar-refractivity contribution is -0.154. The third kappa shape index (κ3) is 6.82. The van der Waals surface area contributed by atoms with Gasteiger partial charge in [0.2, 0.25) is 0 Å². The lowest BCUT2D eigenvalue weighted by Crippen LogP contribution is -2.47. The Kier molecular flexibility index (Phi) is 5.58. The molecular formula is C10H15F4NO4. The van der Waals surface area contributed by atoms with Gasteiger partial charge in [-0.15, -0.1) is 0 Å². The molecule has 0 saturated carbocycles. The van der Waals surface area contributed by atoms with Gasteiger partial charge in [-0.2, -0.15) is 0 Å². The van der Waals surface area contributed by atoms with E-state index in [-0.39, 0.29) is 0 Å². The molecule has 0 heterocycles. The van der Waals surface area contributed by atoms with Gasteiger partial charge in [0.05, 0.1) is 0 Å². The summed E-state index contributed by atoms with van der Waals surface area (Å²) in [6.07, 6.45) is -7.01. The van der Waals surface area contributed by atoms with E-state index in [4.69, 9.17) is 5.11 Å². The minimum Gasteiger partial charge on any atom is -0.480 e. The third-order valence-corrected chi connectivity index (χ3v) is 1.78. The monoisotopic (exact) mass is 289 g/mol. The van der Waals surface area contributed by atoms with Crippen LogP contribution in [0, 0.1) is 0 Å². The second-order valence-corrected chi connectivity index (χ2v) is 4.80. The molecule has 0 aromatic heterocycles. The summed E-state index contributed by atoms with van der Waals surface area (Å²) < 4.78 is 54.0. The molecule has 0 rings (SSSR count). The normalized spacial score (nSPS) is 14.1. The van der Waals surface area contributed by atoms with E-state index in [1.807, 2.05) is 0 Å². The Morgan fingerprint density at radius 3 is 2.05 bits per heavy atom. The molecule has 0 aliphatic rings. The first kappa shape index (κ1) is 17.5. The van der Waals surface area contributed by atoms with Gasteiger partial charge in [-0.05, 0) is 20.8 Å². The van der Waals surface area contributed by atoms with Crippen molar-refractivity contribution in [2.24, 2.45) is 0 Å². The van der Waals surface area contributed by atoms with E-state index in [9.17, 15) is 27.2 Å². The summed E-state index contributed by atoms with van der Waals surface area (Å²) in [4.78, 5) is 21.9. The largest absolute Gasteiger partial charge is 0.480 e. The van der Waals surface area contributed by atoms with Crippen LogP contribution in [0.25, 0.3) is 0 Å². The maximum atomic E-state index is 12.7. The van der Waals surface area contributed by atoms with Gasteiger partial charge in [0.25, 0.3) is 0 Å². The van der Waals surface area contributed by atoms with Crippen molar-refractivity contribution in [2.45, 2.75) is 51.2 Å². The van der Waals surface area contributed by atoms with E-state index in [1.54, 1.807) is 5.32 Å². The van der Waals surface area contributed by atoms with Crippen molar-refractivity contribution in [3.8, 4) is 0 Å². The van der Waals surface area contributed by atoms with Crippen molar-refractivity contribution in [2.75, 3.05) is 0 Å². The highest BCUT2D eigenvalue weighted by Crippen LogP contribution is 2.28.